The number of carboxylic acid groups (broad SMARTS) is 1. The van der Waals surface area contributed by atoms with E-state index in [0.29, 0.717) is 18.5 Å². The minimum atomic E-state index is -1.18. The summed E-state index contributed by atoms with van der Waals surface area (Å²) in [6, 6.07) is 4.75. The van der Waals surface area contributed by atoms with Crippen LogP contribution in [0.15, 0.2) is 18.2 Å². The Morgan fingerprint density at radius 2 is 2.11 bits per heavy atom. The van der Waals surface area contributed by atoms with E-state index < -0.39 is 17.4 Å². The topological polar surface area (TPSA) is 92.4 Å². The molecule has 6 heteroatoms. The number of nitrogens with one attached hydrogen (secondary N) is 1. The SMILES string of the molecule is CCCC(C)(Nc1cccc(Cl)c1C(N)=O)C(=O)O. The second kappa shape index (κ2) is 5.93. The molecular formula is C13H17ClN2O3. The maximum atomic E-state index is 11.4. The van der Waals surface area contributed by atoms with Crippen LogP contribution in [0, 0.1) is 0 Å². The van der Waals surface area contributed by atoms with Gasteiger partial charge in [-0.2, -0.15) is 0 Å². The van der Waals surface area contributed by atoms with E-state index in [9.17, 15) is 14.7 Å². The summed E-state index contributed by atoms with van der Waals surface area (Å²) in [5, 5.41) is 12.4. The van der Waals surface area contributed by atoms with Gasteiger partial charge in [-0.3, -0.25) is 4.79 Å². The molecule has 0 bridgehead atoms. The van der Waals surface area contributed by atoms with Crippen LogP contribution in [-0.4, -0.2) is 22.5 Å². The average Bonchev–Trinajstić information content (AvgIpc) is 2.28. The van der Waals surface area contributed by atoms with Crippen molar-refractivity contribution in [2.75, 3.05) is 5.32 Å². The van der Waals surface area contributed by atoms with E-state index in [2.05, 4.69) is 5.32 Å². The van der Waals surface area contributed by atoms with Crippen LogP contribution in [0.3, 0.4) is 0 Å². The van der Waals surface area contributed by atoms with Crippen molar-refractivity contribution < 1.29 is 14.7 Å². The van der Waals surface area contributed by atoms with Crippen molar-refractivity contribution in [2.45, 2.75) is 32.2 Å². The Balaban J connectivity index is 3.21. The van der Waals surface area contributed by atoms with Crippen LogP contribution in [0.4, 0.5) is 5.69 Å². The molecule has 0 saturated carbocycles. The van der Waals surface area contributed by atoms with Gasteiger partial charge >= 0.3 is 5.97 Å². The second-order valence-electron chi connectivity index (χ2n) is 4.54. The highest BCUT2D eigenvalue weighted by Crippen LogP contribution is 2.28. The molecule has 0 aliphatic rings. The maximum absolute atomic E-state index is 11.4. The number of benzene rings is 1. The van der Waals surface area contributed by atoms with Gasteiger partial charge in [-0.05, 0) is 25.5 Å². The van der Waals surface area contributed by atoms with Gasteiger partial charge in [0.05, 0.1) is 10.6 Å². The zero-order valence-corrected chi connectivity index (χ0v) is 11.6. The van der Waals surface area contributed by atoms with Gasteiger partial charge in [0.25, 0.3) is 5.91 Å². The minimum Gasteiger partial charge on any atom is -0.480 e. The monoisotopic (exact) mass is 284 g/mol. The van der Waals surface area contributed by atoms with Crippen molar-refractivity contribution in [2.24, 2.45) is 5.73 Å². The van der Waals surface area contributed by atoms with E-state index in [4.69, 9.17) is 17.3 Å². The van der Waals surface area contributed by atoms with E-state index in [1.807, 2.05) is 6.92 Å². The number of primary amides is 1. The molecule has 1 amide bonds. The average molecular weight is 285 g/mol. The lowest BCUT2D eigenvalue weighted by Gasteiger charge is -2.28. The number of carbonyl (C=O) groups excluding carboxylic acids is 1. The summed E-state index contributed by atoms with van der Waals surface area (Å²) >= 11 is 5.92. The number of carbonyl (C=O) groups is 2. The van der Waals surface area contributed by atoms with Crippen LogP contribution < -0.4 is 11.1 Å². The van der Waals surface area contributed by atoms with E-state index in [1.54, 1.807) is 19.1 Å². The molecule has 1 rings (SSSR count). The van der Waals surface area contributed by atoms with E-state index in [-0.39, 0.29) is 10.6 Å². The van der Waals surface area contributed by atoms with Crippen LogP contribution in [0.25, 0.3) is 0 Å². The molecule has 19 heavy (non-hydrogen) atoms. The Labute approximate surface area is 116 Å². The lowest BCUT2D eigenvalue weighted by Crippen LogP contribution is -2.43. The molecule has 5 nitrogen and oxygen atoms in total. The highest BCUT2D eigenvalue weighted by atomic mass is 35.5. The van der Waals surface area contributed by atoms with Crippen LogP contribution in [0.1, 0.15) is 37.0 Å². The molecule has 0 saturated heterocycles. The Kier molecular flexibility index (Phi) is 4.78. The molecule has 1 aromatic rings. The lowest BCUT2D eigenvalue weighted by molar-refractivity contribution is -0.142. The van der Waals surface area contributed by atoms with E-state index >= 15 is 0 Å². The number of amides is 1. The molecule has 0 aliphatic heterocycles. The third-order valence-electron chi connectivity index (χ3n) is 2.89. The van der Waals surface area contributed by atoms with Crippen molar-refractivity contribution >= 4 is 29.2 Å². The minimum absolute atomic E-state index is 0.104. The van der Waals surface area contributed by atoms with Gasteiger partial charge in [-0.15, -0.1) is 0 Å². The second-order valence-corrected chi connectivity index (χ2v) is 4.95. The molecule has 1 unspecified atom stereocenters. The fraction of sp³-hybridized carbons (Fsp3) is 0.385. The lowest BCUT2D eigenvalue weighted by atomic mass is 9.95. The van der Waals surface area contributed by atoms with Crippen LogP contribution in [0.5, 0.6) is 0 Å². The molecule has 0 fully saturated rings. The van der Waals surface area contributed by atoms with Crippen molar-refractivity contribution in [3.8, 4) is 0 Å². The normalized spacial score (nSPS) is 13.6. The summed E-state index contributed by atoms with van der Waals surface area (Å²) in [5.74, 6) is -1.69. The number of nitrogens with two attached hydrogens (primary N) is 1. The number of anilines is 1. The first-order valence-electron chi connectivity index (χ1n) is 5.91. The van der Waals surface area contributed by atoms with Crippen molar-refractivity contribution in [3.63, 3.8) is 0 Å². The molecule has 1 aromatic carbocycles. The summed E-state index contributed by atoms with van der Waals surface area (Å²) in [4.78, 5) is 22.8. The first-order valence-corrected chi connectivity index (χ1v) is 6.29. The number of halogens is 1. The zero-order valence-electron chi connectivity index (χ0n) is 10.9. The summed E-state index contributed by atoms with van der Waals surface area (Å²) < 4.78 is 0. The number of rotatable bonds is 6. The van der Waals surface area contributed by atoms with Crippen LogP contribution in [0.2, 0.25) is 5.02 Å². The number of carboxylic acids is 1. The Morgan fingerprint density at radius 3 is 2.58 bits per heavy atom. The highest BCUT2D eigenvalue weighted by Gasteiger charge is 2.33. The molecule has 0 spiro atoms. The number of hydrogen-bond donors (Lipinski definition) is 3. The molecule has 0 aromatic heterocycles. The van der Waals surface area contributed by atoms with Gasteiger partial charge in [-0.25, -0.2) is 4.79 Å². The van der Waals surface area contributed by atoms with Gasteiger partial charge in [0.15, 0.2) is 0 Å². The van der Waals surface area contributed by atoms with Gasteiger partial charge < -0.3 is 16.2 Å². The van der Waals surface area contributed by atoms with E-state index in [0.717, 1.165) is 0 Å². The van der Waals surface area contributed by atoms with Gasteiger partial charge in [-0.1, -0.05) is 31.0 Å². The zero-order chi connectivity index (χ0) is 14.6. The Morgan fingerprint density at radius 1 is 1.47 bits per heavy atom. The van der Waals surface area contributed by atoms with Gasteiger partial charge in [0, 0.05) is 5.69 Å². The molecule has 0 aliphatic carbocycles. The van der Waals surface area contributed by atoms with Gasteiger partial charge in [0.1, 0.15) is 5.54 Å². The fourth-order valence-corrected chi connectivity index (χ4v) is 2.17. The Bertz CT molecular complexity index is 505. The van der Waals surface area contributed by atoms with E-state index in [1.165, 1.54) is 6.07 Å². The first-order chi connectivity index (χ1) is 8.81. The third kappa shape index (κ3) is 3.38. The predicted octanol–water partition coefficient (Wildman–Crippen LogP) is 2.49. The number of aliphatic carboxylic acids is 1. The number of hydrogen-bond acceptors (Lipinski definition) is 3. The molecule has 0 heterocycles. The third-order valence-corrected chi connectivity index (χ3v) is 3.21. The van der Waals surface area contributed by atoms with Crippen LogP contribution in [-0.2, 0) is 4.79 Å². The smallest absolute Gasteiger partial charge is 0.329 e. The molecule has 0 radical (unpaired) electrons. The first kappa shape index (κ1) is 15.3. The Hall–Kier alpha value is -1.75. The van der Waals surface area contributed by atoms with Crippen molar-refractivity contribution in [1.82, 2.24) is 0 Å². The summed E-state index contributed by atoms with van der Waals surface area (Å²) in [6.07, 6.45) is 1.09. The molecule has 4 N–H and O–H groups in total. The van der Waals surface area contributed by atoms with Gasteiger partial charge in [0.2, 0.25) is 0 Å². The molecular weight excluding hydrogens is 268 g/mol. The quantitative estimate of drug-likeness (QED) is 0.748. The van der Waals surface area contributed by atoms with Crippen molar-refractivity contribution in [3.05, 3.63) is 28.8 Å². The summed E-state index contributed by atoms with van der Waals surface area (Å²) in [7, 11) is 0. The summed E-state index contributed by atoms with van der Waals surface area (Å²) in [5.41, 5.74) is 4.53. The fourth-order valence-electron chi connectivity index (χ4n) is 1.90. The summed E-state index contributed by atoms with van der Waals surface area (Å²) in [6.45, 7) is 3.44. The molecule has 104 valence electrons. The maximum Gasteiger partial charge on any atom is 0.329 e. The standard InChI is InChI=1S/C13H17ClN2O3/c1-3-7-13(2,12(18)19)16-9-6-4-5-8(14)10(9)11(15)17/h4-6,16H,3,7H2,1-2H3,(H2,15,17)(H,18,19). The largest absolute Gasteiger partial charge is 0.480 e. The van der Waals surface area contributed by atoms with Crippen molar-refractivity contribution in [1.29, 1.82) is 0 Å². The molecule has 1 atom stereocenters. The predicted molar refractivity (Wildman–Crippen MR) is 74.5 cm³/mol. The highest BCUT2D eigenvalue weighted by molar-refractivity contribution is 6.34. The van der Waals surface area contributed by atoms with Crippen LogP contribution >= 0.6 is 11.6 Å².